The molecule has 0 aliphatic carbocycles. The smallest absolute Gasteiger partial charge is 0.240 e. The van der Waals surface area contributed by atoms with Gasteiger partial charge < -0.3 is 16.0 Å². The molecule has 0 aromatic heterocycles. The summed E-state index contributed by atoms with van der Waals surface area (Å²) < 4.78 is 0. The monoisotopic (exact) mass is 233 g/mol. The van der Waals surface area contributed by atoms with Gasteiger partial charge in [0, 0.05) is 13.1 Å². The molecule has 1 heterocycles. The Morgan fingerprint density at radius 1 is 1.53 bits per heavy atom. The van der Waals surface area contributed by atoms with Crippen molar-refractivity contribution >= 4 is 17.3 Å². The Morgan fingerprint density at radius 3 is 3.06 bits per heavy atom. The van der Waals surface area contributed by atoms with Crippen molar-refractivity contribution in [1.29, 1.82) is 0 Å². The molecule has 0 spiro atoms. The van der Waals surface area contributed by atoms with Crippen molar-refractivity contribution in [2.45, 2.75) is 19.8 Å². The lowest BCUT2D eigenvalue weighted by molar-refractivity contribution is -0.117. The van der Waals surface area contributed by atoms with Crippen molar-refractivity contribution in [3.8, 4) is 0 Å². The Labute approximate surface area is 102 Å². The fourth-order valence-electron chi connectivity index (χ4n) is 2.13. The summed E-state index contributed by atoms with van der Waals surface area (Å²) in [5.41, 5.74) is 8.73. The highest BCUT2D eigenvalue weighted by Crippen LogP contribution is 2.29. The van der Waals surface area contributed by atoms with E-state index in [4.69, 9.17) is 5.73 Å². The van der Waals surface area contributed by atoms with E-state index in [-0.39, 0.29) is 12.5 Å². The van der Waals surface area contributed by atoms with Gasteiger partial charge in [-0.15, -0.1) is 0 Å². The molecule has 4 nitrogen and oxygen atoms in total. The molecule has 1 amide bonds. The van der Waals surface area contributed by atoms with E-state index >= 15 is 0 Å². The van der Waals surface area contributed by atoms with Crippen molar-refractivity contribution in [3.63, 3.8) is 0 Å². The van der Waals surface area contributed by atoms with Gasteiger partial charge in [-0.05, 0) is 30.5 Å². The van der Waals surface area contributed by atoms with Crippen LogP contribution in [0.15, 0.2) is 18.2 Å². The summed E-state index contributed by atoms with van der Waals surface area (Å²) >= 11 is 0. The molecule has 1 aromatic carbocycles. The van der Waals surface area contributed by atoms with Crippen LogP contribution in [0.2, 0.25) is 0 Å². The predicted molar refractivity (Wildman–Crippen MR) is 70.3 cm³/mol. The second-order valence-corrected chi connectivity index (χ2v) is 4.23. The van der Waals surface area contributed by atoms with Crippen molar-refractivity contribution < 1.29 is 4.79 Å². The number of hydrogen-bond acceptors (Lipinski definition) is 3. The molecule has 0 fully saturated rings. The Kier molecular flexibility index (Phi) is 3.64. The predicted octanol–water partition coefficient (Wildman–Crippen LogP) is 1.36. The first-order valence-electron chi connectivity index (χ1n) is 6.13. The minimum atomic E-state index is -0.0146. The van der Waals surface area contributed by atoms with Gasteiger partial charge in [0.2, 0.25) is 5.91 Å². The van der Waals surface area contributed by atoms with Gasteiger partial charge in [0.1, 0.15) is 0 Å². The number of hydrogen-bond donors (Lipinski definition) is 2. The van der Waals surface area contributed by atoms with Crippen LogP contribution in [0.4, 0.5) is 11.4 Å². The summed E-state index contributed by atoms with van der Waals surface area (Å²) in [6.45, 7) is 3.83. The highest BCUT2D eigenvalue weighted by Gasteiger charge is 2.19. The lowest BCUT2D eigenvalue weighted by atomic mass is 10.1. The lowest BCUT2D eigenvalue weighted by Gasteiger charge is -2.22. The first-order chi connectivity index (χ1) is 8.26. The van der Waals surface area contributed by atoms with Crippen LogP contribution in [0.1, 0.15) is 18.9 Å². The first kappa shape index (κ1) is 11.9. The van der Waals surface area contributed by atoms with Gasteiger partial charge in [-0.25, -0.2) is 0 Å². The average Bonchev–Trinajstić information content (AvgIpc) is 2.59. The molecular weight excluding hydrogens is 214 g/mol. The second-order valence-electron chi connectivity index (χ2n) is 4.23. The van der Waals surface area contributed by atoms with Crippen molar-refractivity contribution in [3.05, 3.63) is 23.8 Å². The number of carbonyl (C=O) groups excluding carboxylic acids is 1. The van der Waals surface area contributed by atoms with Crippen LogP contribution in [0.25, 0.3) is 0 Å². The number of nitrogens with one attached hydrogen (secondary N) is 1. The van der Waals surface area contributed by atoms with Crippen LogP contribution in [-0.4, -0.2) is 25.5 Å². The number of carbonyl (C=O) groups is 1. The molecule has 0 saturated heterocycles. The molecule has 0 radical (unpaired) electrons. The SMILES string of the molecule is CCc1ccc2c(c1)NCCCN2C(=O)CN. The minimum Gasteiger partial charge on any atom is -0.383 e. The van der Waals surface area contributed by atoms with Crippen molar-refractivity contribution in [1.82, 2.24) is 0 Å². The molecule has 17 heavy (non-hydrogen) atoms. The number of fused-ring (bicyclic) bond motifs is 1. The van der Waals surface area contributed by atoms with Gasteiger partial charge in [-0.1, -0.05) is 13.0 Å². The second kappa shape index (κ2) is 5.19. The molecule has 2 rings (SSSR count). The van der Waals surface area contributed by atoms with E-state index in [1.54, 1.807) is 4.90 Å². The lowest BCUT2D eigenvalue weighted by Crippen LogP contribution is -2.36. The number of nitrogens with two attached hydrogens (primary N) is 1. The van der Waals surface area contributed by atoms with Gasteiger partial charge in [0.15, 0.2) is 0 Å². The number of amides is 1. The van der Waals surface area contributed by atoms with Gasteiger partial charge in [-0.3, -0.25) is 4.79 Å². The van der Waals surface area contributed by atoms with E-state index in [0.717, 1.165) is 37.3 Å². The highest BCUT2D eigenvalue weighted by molar-refractivity contribution is 5.98. The van der Waals surface area contributed by atoms with Crippen LogP contribution in [0.5, 0.6) is 0 Å². The van der Waals surface area contributed by atoms with Gasteiger partial charge in [0.25, 0.3) is 0 Å². The van der Waals surface area contributed by atoms with E-state index in [1.807, 2.05) is 6.07 Å². The summed E-state index contributed by atoms with van der Waals surface area (Å²) in [5, 5.41) is 3.37. The first-order valence-corrected chi connectivity index (χ1v) is 6.13. The Bertz CT molecular complexity index is 417. The maximum Gasteiger partial charge on any atom is 0.240 e. The van der Waals surface area contributed by atoms with Crippen LogP contribution in [0.3, 0.4) is 0 Å². The van der Waals surface area contributed by atoms with Crippen LogP contribution >= 0.6 is 0 Å². The third-order valence-corrected chi connectivity index (χ3v) is 3.11. The summed E-state index contributed by atoms with van der Waals surface area (Å²) in [6, 6.07) is 6.21. The molecular formula is C13H19N3O. The maximum absolute atomic E-state index is 11.8. The van der Waals surface area contributed by atoms with E-state index < -0.39 is 0 Å². The van der Waals surface area contributed by atoms with Crippen LogP contribution < -0.4 is 16.0 Å². The quantitative estimate of drug-likeness (QED) is 0.811. The highest BCUT2D eigenvalue weighted by atomic mass is 16.2. The van der Waals surface area contributed by atoms with Gasteiger partial charge >= 0.3 is 0 Å². The number of rotatable bonds is 2. The summed E-state index contributed by atoms with van der Waals surface area (Å²) in [4.78, 5) is 13.6. The zero-order valence-electron chi connectivity index (χ0n) is 10.2. The molecule has 4 heteroatoms. The summed E-state index contributed by atoms with van der Waals surface area (Å²) in [5.74, 6) is -0.0146. The molecule has 1 aliphatic heterocycles. The van der Waals surface area contributed by atoms with Crippen LogP contribution in [0, 0.1) is 0 Å². The standard InChI is InChI=1S/C13H19N3O/c1-2-10-4-5-12-11(8-10)15-6-3-7-16(12)13(17)9-14/h4-5,8,15H,2-3,6-7,9,14H2,1H3. The van der Waals surface area contributed by atoms with E-state index in [1.165, 1.54) is 5.56 Å². The molecule has 1 aromatic rings. The molecule has 0 atom stereocenters. The number of aryl methyl sites for hydroxylation is 1. The van der Waals surface area contributed by atoms with Crippen molar-refractivity contribution in [2.75, 3.05) is 29.9 Å². The Morgan fingerprint density at radius 2 is 2.35 bits per heavy atom. The molecule has 3 N–H and O–H groups in total. The fraction of sp³-hybridized carbons (Fsp3) is 0.462. The Balaban J connectivity index is 2.38. The third-order valence-electron chi connectivity index (χ3n) is 3.11. The van der Waals surface area contributed by atoms with Gasteiger partial charge in [0.05, 0.1) is 17.9 Å². The van der Waals surface area contributed by atoms with E-state index in [9.17, 15) is 4.79 Å². The fourth-order valence-corrected chi connectivity index (χ4v) is 2.13. The average molecular weight is 233 g/mol. The molecule has 0 bridgehead atoms. The van der Waals surface area contributed by atoms with Crippen molar-refractivity contribution in [2.24, 2.45) is 5.73 Å². The maximum atomic E-state index is 11.8. The van der Waals surface area contributed by atoms with Crippen LogP contribution in [-0.2, 0) is 11.2 Å². The largest absolute Gasteiger partial charge is 0.383 e. The molecule has 0 unspecified atom stereocenters. The van der Waals surface area contributed by atoms with E-state index in [0.29, 0.717) is 0 Å². The zero-order valence-corrected chi connectivity index (χ0v) is 10.2. The topological polar surface area (TPSA) is 58.4 Å². The van der Waals surface area contributed by atoms with Gasteiger partial charge in [-0.2, -0.15) is 0 Å². The molecule has 92 valence electrons. The minimum absolute atomic E-state index is 0.0146. The zero-order chi connectivity index (χ0) is 12.3. The number of anilines is 2. The normalized spacial score (nSPS) is 14.8. The molecule has 1 aliphatic rings. The Hall–Kier alpha value is -1.55. The summed E-state index contributed by atoms with van der Waals surface area (Å²) in [6.07, 6.45) is 1.95. The molecule has 0 saturated carbocycles. The number of nitrogens with zero attached hydrogens (tertiary/aromatic N) is 1. The number of benzene rings is 1. The van der Waals surface area contributed by atoms with E-state index in [2.05, 4.69) is 24.4 Å². The summed E-state index contributed by atoms with van der Waals surface area (Å²) in [7, 11) is 0. The third kappa shape index (κ3) is 2.42.